The number of pyridine rings is 2. The predicted molar refractivity (Wildman–Crippen MR) is 349 cm³/mol. The first-order chi connectivity index (χ1) is 38.0. The molecule has 3 aromatic carbocycles. The zero-order chi connectivity index (χ0) is 61.1. The summed E-state index contributed by atoms with van der Waals surface area (Å²) in [5.74, 6) is 2.19. The summed E-state index contributed by atoms with van der Waals surface area (Å²) >= 11 is 0. The number of aliphatic carboxylic acids is 2. The number of nitrogens with zero attached hydrogens (tertiary/aromatic N) is 5. The van der Waals surface area contributed by atoms with Crippen molar-refractivity contribution in [2.24, 2.45) is 35.5 Å². The number of nitrogen functional groups attached to an aromatic ring is 2. The number of carboxylic acids is 2. The molecule has 0 aliphatic carbocycles. The molecule has 462 valence electrons. The first-order valence-corrected chi connectivity index (χ1v) is 29.0. The van der Waals surface area contributed by atoms with Crippen molar-refractivity contribution in [1.82, 2.24) is 9.97 Å². The van der Waals surface area contributed by atoms with Crippen molar-refractivity contribution >= 4 is 70.1 Å². The van der Waals surface area contributed by atoms with Crippen LogP contribution in [-0.4, -0.2) is 99.8 Å². The zero-order valence-electron chi connectivity index (χ0n) is 53.3. The maximum Gasteiger partial charge on any atom is 1.00 e. The van der Waals surface area contributed by atoms with Crippen molar-refractivity contribution in [3.8, 4) is 0 Å². The molecule has 10 N–H and O–H groups in total. The first kappa shape index (κ1) is 80.0. The standard InChI is InChI=1S/C23H33N3O2.C19H32N2O.C18H30N2O2.C5H6BNO2.CH4.Li.H2O/c1-16(2)14-26(15-17(3)4)22-7-6-19(18(5)12-23(27)28)13-21(22)25-20-8-10-24-11-9-20;1-13(2)11-21(12-14(3)4)19-8-7-17(10-18(19)20)15(5)9-16(6)22;1-12(2)10-20(11-13(3)4)17-7-6-15(9-16(17)19)14(5)8-18(21)22;8-6(9)5-1-3-7-4-2-5;;;/h6-11,13,16-18H,12,14-15H2,1-5H3,(H,24,25)(H,27,28);7-8,10,13-15H,9,11-12,20H2,1-6H3;6-7,9,12-14H,8,10-11,19H2,1-5H3,(H,21,22);1-4,8-9H;1H4;;1H2/q;;;;;+1;/p-1. The molecule has 0 amide bonds. The van der Waals surface area contributed by atoms with Gasteiger partial charge in [-0.2, -0.15) is 0 Å². The van der Waals surface area contributed by atoms with Crippen molar-refractivity contribution in [2.45, 2.75) is 155 Å². The van der Waals surface area contributed by atoms with E-state index in [2.05, 4.69) is 150 Å². The van der Waals surface area contributed by atoms with Crippen LogP contribution in [0.5, 0.6) is 0 Å². The fraction of sp³-hybridized carbons (Fsp3) is 0.530. The van der Waals surface area contributed by atoms with Gasteiger partial charge in [-0.05, 0) is 143 Å². The molecule has 0 fully saturated rings. The third kappa shape index (κ3) is 31.2. The molecule has 2 aromatic heterocycles. The quantitative estimate of drug-likeness (QED) is 0.0190. The van der Waals surface area contributed by atoms with Gasteiger partial charge in [-0.15, -0.1) is 0 Å². The summed E-state index contributed by atoms with van der Waals surface area (Å²) < 4.78 is 0. The van der Waals surface area contributed by atoms with E-state index in [1.54, 1.807) is 31.5 Å². The van der Waals surface area contributed by atoms with E-state index in [4.69, 9.17) is 31.7 Å². The summed E-state index contributed by atoms with van der Waals surface area (Å²) in [7, 11) is -1.38. The van der Waals surface area contributed by atoms with Gasteiger partial charge in [-0.3, -0.25) is 19.6 Å². The second kappa shape index (κ2) is 41.0. The SMILES string of the molecule is C.CC(=O)CC(C)c1ccc(N(CC(C)C)CC(C)C)c(N)c1.CC(C)CN(CC(C)C)c1ccc(C(C)CC(=O)O)cc1N.CC(C)CN(CC(C)C)c1ccc(C(C)CC(=O)O)cc1Nc1ccncc1.OB(O)c1ccncc1.[Li+].[OH-]. The van der Waals surface area contributed by atoms with Crippen LogP contribution in [0.4, 0.5) is 39.8 Å². The molecule has 0 aliphatic rings. The van der Waals surface area contributed by atoms with Gasteiger partial charge in [-0.1, -0.05) is 129 Å². The van der Waals surface area contributed by atoms with Crippen LogP contribution in [0.25, 0.3) is 0 Å². The molecule has 3 unspecified atom stereocenters. The van der Waals surface area contributed by atoms with Crippen molar-refractivity contribution in [3.05, 3.63) is 120 Å². The molecule has 16 nitrogen and oxygen atoms in total. The molecule has 0 bridgehead atoms. The van der Waals surface area contributed by atoms with Gasteiger partial charge in [-0.25, -0.2) is 0 Å². The Balaban J connectivity index is 0. The van der Waals surface area contributed by atoms with E-state index in [-0.39, 0.29) is 68.1 Å². The number of hydrogen-bond donors (Lipinski definition) is 7. The summed E-state index contributed by atoms with van der Waals surface area (Å²) in [5, 5.41) is 38.7. The molecular weight excluding hydrogens is 1050 g/mol. The molecule has 0 radical (unpaired) electrons. The van der Waals surface area contributed by atoms with Gasteiger partial charge in [0.1, 0.15) is 5.78 Å². The van der Waals surface area contributed by atoms with Gasteiger partial charge in [0.15, 0.2) is 0 Å². The van der Waals surface area contributed by atoms with Crippen molar-refractivity contribution in [2.75, 3.05) is 70.8 Å². The maximum absolute atomic E-state index is 11.3. The van der Waals surface area contributed by atoms with E-state index in [1.807, 2.05) is 50.2 Å². The molecule has 5 aromatic rings. The number of nitrogens with one attached hydrogen (secondary N) is 1. The van der Waals surface area contributed by atoms with Crippen molar-refractivity contribution < 1.29 is 59.0 Å². The second-order valence-corrected chi connectivity index (χ2v) is 24.3. The van der Waals surface area contributed by atoms with Crippen LogP contribution >= 0.6 is 0 Å². The van der Waals surface area contributed by atoms with Gasteiger partial charge < -0.3 is 62.0 Å². The number of carbonyl (C=O) groups excluding carboxylic acids is 1. The van der Waals surface area contributed by atoms with Crippen LogP contribution in [-0.2, 0) is 14.4 Å². The van der Waals surface area contributed by atoms with Crippen LogP contribution in [0, 0.1) is 35.5 Å². The molecule has 3 atom stereocenters. The van der Waals surface area contributed by atoms with Gasteiger partial charge in [0.2, 0.25) is 0 Å². The van der Waals surface area contributed by atoms with E-state index < -0.39 is 19.1 Å². The first-order valence-electron chi connectivity index (χ1n) is 29.0. The molecule has 2 heterocycles. The fourth-order valence-corrected chi connectivity index (χ4v) is 9.46. The van der Waals surface area contributed by atoms with Crippen LogP contribution in [0.15, 0.2) is 104 Å². The molecule has 84 heavy (non-hydrogen) atoms. The minimum absolute atomic E-state index is 0. The third-order valence-corrected chi connectivity index (χ3v) is 12.9. The number of hydrogen-bond acceptors (Lipinski definition) is 14. The number of carbonyl (C=O) groups is 3. The Morgan fingerprint density at radius 2 is 0.786 bits per heavy atom. The Hall–Kier alpha value is -6.09. The van der Waals surface area contributed by atoms with E-state index >= 15 is 0 Å². The topological polar surface area (TPSA) is 262 Å². The number of carboxylic acid groups (broad SMARTS) is 2. The Morgan fingerprint density at radius 3 is 1.07 bits per heavy atom. The smallest absolute Gasteiger partial charge is 0.870 e. The Bertz CT molecular complexity index is 2510. The predicted octanol–water partition coefficient (Wildman–Crippen LogP) is 10.2. The number of ketones is 1. The molecule has 5 rings (SSSR count). The largest absolute Gasteiger partial charge is 1.00 e. The number of anilines is 7. The number of rotatable bonds is 27. The number of Topliss-reactive ketones (excluding diaryl/α,β-unsaturated/α-hetero) is 1. The number of benzene rings is 3. The molecule has 0 spiro atoms. The third-order valence-electron chi connectivity index (χ3n) is 12.9. The summed E-state index contributed by atoms with van der Waals surface area (Å²) in [4.78, 5) is 48.2. The molecular formula is C66H106BLiN8O8. The molecule has 18 heteroatoms. The minimum Gasteiger partial charge on any atom is -0.870 e. The Labute approximate surface area is 518 Å². The van der Waals surface area contributed by atoms with Crippen molar-refractivity contribution in [3.63, 3.8) is 0 Å². The summed E-state index contributed by atoms with van der Waals surface area (Å²) in [6.45, 7) is 40.1. The second-order valence-electron chi connectivity index (χ2n) is 24.3. The number of aromatic nitrogens is 2. The van der Waals surface area contributed by atoms with Gasteiger partial charge >= 0.3 is 37.9 Å². The zero-order valence-corrected chi connectivity index (χ0v) is 53.3. The average molecular weight is 1160 g/mol. The van der Waals surface area contributed by atoms with E-state index in [0.717, 1.165) is 95.8 Å². The van der Waals surface area contributed by atoms with Crippen LogP contribution in [0.2, 0.25) is 0 Å². The van der Waals surface area contributed by atoms with Crippen molar-refractivity contribution in [1.29, 1.82) is 0 Å². The van der Waals surface area contributed by atoms with Gasteiger partial charge in [0.05, 0.1) is 47.0 Å². The Morgan fingerprint density at radius 1 is 0.488 bits per heavy atom. The van der Waals surface area contributed by atoms with Crippen LogP contribution in [0.1, 0.15) is 172 Å². The summed E-state index contributed by atoms with van der Waals surface area (Å²) in [5.41, 5.74) is 23.0. The molecule has 0 saturated carbocycles. The van der Waals surface area contributed by atoms with Gasteiger partial charge in [0.25, 0.3) is 0 Å². The van der Waals surface area contributed by atoms with Gasteiger partial charge in [0, 0.05) is 76.2 Å². The van der Waals surface area contributed by atoms with E-state index in [0.29, 0.717) is 47.4 Å². The average Bonchev–Trinajstić information content (AvgIpc) is 3.58. The maximum atomic E-state index is 11.3. The molecule has 0 saturated heterocycles. The van der Waals surface area contributed by atoms with Crippen LogP contribution < -0.4 is 55.8 Å². The van der Waals surface area contributed by atoms with Crippen LogP contribution in [0.3, 0.4) is 0 Å². The summed E-state index contributed by atoms with van der Waals surface area (Å²) in [6, 6.07) is 25.5. The van der Waals surface area contributed by atoms with E-state index in [1.165, 1.54) is 12.4 Å². The molecule has 0 aliphatic heterocycles. The van der Waals surface area contributed by atoms with E-state index in [9.17, 15) is 14.4 Å². The summed E-state index contributed by atoms with van der Waals surface area (Å²) in [6.07, 6.45) is 7.36. The monoisotopic (exact) mass is 1160 g/mol. The minimum atomic E-state index is -1.38. The number of nitrogens with two attached hydrogens (primary N) is 2. The Kier molecular flexibility index (Phi) is 39.1. The normalized spacial score (nSPS) is 11.7. The fourth-order valence-electron chi connectivity index (χ4n) is 9.46.